The van der Waals surface area contributed by atoms with E-state index >= 15 is 0 Å². The van der Waals surface area contributed by atoms with Gasteiger partial charge in [0.1, 0.15) is 5.82 Å². The minimum Gasteiger partial charge on any atom is -0.206 e. The summed E-state index contributed by atoms with van der Waals surface area (Å²) in [4.78, 5) is 0.0469. The molecule has 0 aliphatic carbocycles. The van der Waals surface area contributed by atoms with Crippen LogP contribution in [0.1, 0.15) is 21.5 Å². The number of halogens is 4. The van der Waals surface area contributed by atoms with Gasteiger partial charge in [-0.05, 0) is 63.8 Å². The van der Waals surface area contributed by atoms with Crippen LogP contribution in [0, 0.1) is 12.7 Å². The summed E-state index contributed by atoms with van der Waals surface area (Å²) in [6.45, 7) is 2.05. The van der Waals surface area contributed by atoms with Crippen LogP contribution in [0.4, 0.5) is 4.39 Å². The lowest BCUT2D eigenvalue weighted by Crippen LogP contribution is -1.94. The van der Waals surface area contributed by atoms with Crippen molar-refractivity contribution in [1.29, 1.82) is 0 Å². The molecule has 1 atom stereocenters. The molecular formula is C14H10Br3F. The first-order valence-corrected chi connectivity index (χ1v) is 7.83. The second-order valence-electron chi connectivity index (χ2n) is 4.10. The number of benzene rings is 2. The van der Waals surface area contributed by atoms with Gasteiger partial charge < -0.3 is 0 Å². The molecular weight excluding hydrogens is 427 g/mol. The molecule has 1 unspecified atom stereocenters. The van der Waals surface area contributed by atoms with Crippen molar-refractivity contribution in [3.05, 3.63) is 67.9 Å². The third-order valence-corrected chi connectivity index (χ3v) is 4.72. The van der Waals surface area contributed by atoms with Crippen LogP contribution in [-0.4, -0.2) is 0 Å². The van der Waals surface area contributed by atoms with Crippen LogP contribution < -0.4 is 0 Å². The molecule has 0 aromatic heterocycles. The highest BCUT2D eigenvalue weighted by molar-refractivity contribution is 9.11. The summed E-state index contributed by atoms with van der Waals surface area (Å²) in [5.41, 5.74) is 3.34. The van der Waals surface area contributed by atoms with Crippen LogP contribution in [0.3, 0.4) is 0 Å². The van der Waals surface area contributed by atoms with E-state index in [0.29, 0.717) is 4.47 Å². The highest BCUT2D eigenvalue weighted by Gasteiger charge is 2.13. The Morgan fingerprint density at radius 2 is 1.72 bits per heavy atom. The van der Waals surface area contributed by atoms with Gasteiger partial charge in [-0.2, -0.15) is 0 Å². The van der Waals surface area contributed by atoms with E-state index in [0.717, 1.165) is 15.6 Å². The minimum atomic E-state index is -0.246. The second-order valence-corrected chi connectivity index (χ2v) is 6.78. The first kappa shape index (κ1) is 14.2. The van der Waals surface area contributed by atoms with E-state index in [4.69, 9.17) is 0 Å². The van der Waals surface area contributed by atoms with Crippen molar-refractivity contribution >= 4 is 47.8 Å². The van der Waals surface area contributed by atoms with Gasteiger partial charge in [0.25, 0.3) is 0 Å². The van der Waals surface area contributed by atoms with E-state index in [2.05, 4.69) is 72.9 Å². The predicted molar refractivity (Wildman–Crippen MR) is 83.7 cm³/mol. The van der Waals surface area contributed by atoms with Crippen molar-refractivity contribution in [2.45, 2.75) is 11.8 Å². The molecule has 0 nitrogen and oxygen atoms in total. The predicted octanol–water partition coefficient (Wildman–Crippen LogP) is 6.14. The summed E-state index contributed by atoms with van der Waals surface area (Å²) in [7, 11) is 0. The molecule has 0 fully saturated rings. The summed E-state index contributed by atoms with van der Waals surface area (Å²) in [5, 5.41) is 0. The van der Waals surface area contributed by atoms with Crippen molar-refractivity contribution in [1.82, 2.24) is 0 Å². The summed E-state index contributed by atoms with van der Waals surface area (Å²) in [6, 6.07) is 11.3. The fraction of sp³-hybridized carbons (Fsp3) is 0.143. The number of aryl methyl sites for hydroxylation is 1. The van der Waals surface area contributed by atoms with Gasteiger partial charge in [-0.3, -0.25) is 0 Å². The van der Waals surface area contributed by atoms with Gasteiger partial charge in [-0.15, -0.1) is 0 Å². The van der Waals surface area contributed by atoms with E-state index in [9.17, 15) is 4.39 Å². The highest BCUT2D eigenvalue weighted by Crippen LogP contribution is 2.34. The van der Waals surface area contributed by atoms with Gasteiger partial charge in [0.2, 0.25) is 0 Å². The van der Waals surface area contributed by atoms with Crippen LogP contribution in [0.25, 0.3) is 0 Å². The maximum atomic E-state index is 13.2. The standard InChI is InChI=1S/C14H10Br3F/c1-8-4-10(6-11(15)5-8)14(17)9-2-3-13(18)12(16)7-9/h2-7,14H,1H3. The van der Waals surface area contributed by atoms with E-state index in [1.165, 1.54) is 11.6 Å². The van der Waals surface area contributed by atoms with Crippen LogP contribution in [0.2, 0.25) is 0 Å². The van der Waals surface area contributed by atoms with Crippen molar-refractivity contribution < 1.29 is 4.39 Å². The van der Waals surface area contributed by atoms with Gasteiger partial charge in [-0.25, -0.2) is 4.39 Å². The van der Waals surface area contributed by atoms with Crippen LogP contribution >= 0.6 is 47.8 Å². The van der Waals surface area contributed by atoms with Gasteiger partial charge in [0.15, 0.2) is 0 Å². The molecule has 0 amide bonds. The first-order chi connectivity index (χ1) is 8.47. The number of hydrogen-bond acceptors (Lipinski definition) is 0. The molecule has 0 aliphatic heterocycles. The molecule has 0 heterocycles. The van der Waals surface area contributed by atoms with Crippen LogP contribution in [0.15, 0.2) is 45.3 Å². The number of hydrogen-bond donors (Lipinski definition) is 0. The minimum absolute atomic E-state index is 0.0469. The smallest absolute Gasteiger partial charge is 0.137 e. The molecule has 0 saturated heterocycles. The molecule has 94 valence electrons. The van der Waals surface area contributed by atoms with Gasteiger partial charge in [0, 0.05) is 4.47 Å². The molecule has 0 saturated carbocycles. The first-order valence-electron chi connectivity index (χ1n) is 5.33. The molecule has 0 N–H and O–H groups in total. The number of alkyl halides is 1. The Balaban J connectivity index is 2.40. The summed E-state index contributed by atoms with van der Waals surface area (Å²) < 4.78 is 14.8. The lowest BCUT2D eigenvalue weighted by atomic mass is 10.0. The average Bonchev–Trinajstić information content (AvgIpc) is 2.30. The molecule has 0 bridgehead atoms. The maximum absolute atomic E-state index is 13.2. The van der Waals surface area contributed by atoms with Crippen LogP contribution in [0.5, 0.6) is 0 Å². The van der Waals surface area contributed by atoms with Gasteiger partial charge >= 0.3 is 0 Å². The van der Waals surface area contributed by atoms with E-state index in [1.54, 1.807) is 12.1 Å². The Morgan fingerprint density at radius 1 is 1.00 bits per heavy atom. The van der Waals surface area contributed by atoms with Crippen molar-refractivity contribution in [3.8, 4) is 0 Å². The number of rotatable bonds is 2. The Hall–Kier alpha value is -0.190. The Morgan fingerprint density at radius 3 is 2.33 bits per heavy atom. The average molecular weight is 437 g/mol. The largest absolute Gasteiger partial charge is 0.206 e. The lowest BCUT2D eigenvalue weighted by Gasteiger charge is -2.13. The third kappa shape index (κ3) is 3.22. The molecule has 4 heteroatoms. The molecule has 18 heavy (non-hydrogen) atoms. The fourth-order valence-electron chi connectivity index (χ4n) is 1.77. The van der Waals surface area contributed by atoms with E-state index in [-0.39, 0.29) is 10.6 Å². The molecule has 0 spiro atoms. The summed E-state index contributed by atoms with van der Waals surface area (Å²) >= 11 is 10.4. The lowest BCUT2D eigenvalue weighted by molar-refractivity contribution is 0.620. The Kier molecular flexibility index (Phi) is 4.62. The molecule has 0 aliphatic rings. The van der Waals surface area contributed by atoms with Crippen molar-refractivity contribution in [3.63, 3.8) is 0 Å². The summed E-state index contributed by atoms with van der Waals surface area (Å²) in [6.07, 6.45) is 0. The SMILES string of the molecule is Cc1cc(Br)cc(C(Br)c2ccc(F)c(Br)c2)c1. The molecule has 0 radical (unpaired) electrons. The maximum Gasteiger partial charge on any atom is 0.137 e. The topological polar surface area (TPSA) is 0 Å². The zero-order chi connectivity index (χ0) is 13.3. The van der Waals surface area contributed by atoms with E-state index < -0.39 is 0 Å². The van der Waals surface area contributed by atoms with Gasteiger partial charge in [-0.1, -0.05) is 44.0 Å². The normalized spacial score (nSPS) is 12.5. The fourth-order valence-corrected chi connectivity index (χ4v) is 3.34. The zero-order valence-electron chi connectivity index (χ0n) is 9.55. The highest BCUT2D eigenvalue weighted by atomic mass is 79.9. The van der Waals surface area contributed by atoms with Gasteiger partial charge in [0.05, 0.1) is 9.30 Å². The molecule has 2 aromatic carbocycles. The quantitative estimate of drug-likeness (QED) is 0.496. The second kappa shape index (κ2) is 5.85. The van der Waals surface area contributed by atoms with Crippen molar-refractivity contribution in [2.24, 2.45) is 0 Å². The van der Waals surface area contributed by atoms with Crippen molar-refractivity contribution in [2.75, 3.05) is 0 Å². The van der Waals surface area contributed by atoms with Crippen LogP contribution in [-0.2, 0) is 0 Å². The molecule has 2 aromatic rings. The molecule has 2 rings (SSSR count). The monoisotopic (exact) mass is 434 g/mol. The Bertz CT molecular complexity index is 561. The van der Waals surface area contributed by atoms with E-state index in [1.807, 2.05) is 0 Å². The Labute approximate surface area is 131 Å². The summed E-state index contributed by atoms with van der Waals surface area (Å²) in [5.74, 6) is -0.246. The third-order valence-electron chi connectivity index (χ3n) is 2.59. The zero-order valence-corrected chi connectivity index (χ0v) is 14.3.